The SMILES string of the molecule is ON=Cc1cccc2cccc(NCCNCCNc3c(Cl)ccc4cccc(Cl)c34)c12. The van der Waals surface area contributed by atoms with E-state index in [1.54, 1.807) is 0 Å². The Balaban J connectivity index is 1.31. The van der Waals surface area contributed by atoms with Crippen LogP contribution >= 0.6 is 23.2 Å². The maximum absolute atomic E-state index is 8.96. The molecule has 0 aliphatic rings. The first-order chi connectivity index (χ1) is 15.7. The number of fused-ring (bicyclic) bond motifs is 2. The summed E-state index contributed by atoms with van der Waals surface area (Å²) in [4.78, 5) is 0. The summed E-state index contributed by atoms with van der Waals surface area (Å²) in [6.07, 6.45) is 1.46. The highest BCUT2D eigenvalue weighted by atomic mass is 35.5. The molecule has 0 aromatic heterocycles. The number of benzene rings is 4. The zero-order chi connectivity index (χ0) is 22.3. The van der Waals surface area contributed by atoms with Crippen LogP contribution < -0.4 is 16.0 Å². The molecule has 0 aliphatic heterocycles. The van der Waals surface area contributed by atoms with Gasteiger partial charge in [-0.1, -0.05) is 76.9 Å². The van der Waals surface area contributed by atoms with Gasteiger partial charge in [-0.15, -0.1) is 0 Å². The van der Waals surface area contributed by atoms with Crippen molar-refractivity contribution in [3.63, 3.8) is 0 Å². The van der Waals surface area contributed by atoms with Gasteiger partial charge in [0.15, 0.2) is 0 Å². The average Bonchev–Trinajstić information content (AvgIpc) is 2.80. The summed E-state index contributed by atoms with van der Waals surface area (Å²) in [5.74, 6) is 0. The minimum absolute atomic E-state index is 0.658. The van der Waals surface area contributed by atoms with Gasteiger partial charge in [0.05, 0.1) is 21.9 Å². The second kappa shape index (κ2) is 10.6. The van der Waals surface area contributed by atoms with E-state index >= 15 is 0 Å². The summed E-state index contributed by atoms with van der Waals surface area (Å²) in [6.45, 7) is 3.04. The number of hydrogen-bond acceptors (Lipinski definition) is 5. The van der Waals surface area contributed by atoms with Crippen LogP contribution in [-0.4, -0.2) is 37.6 Å². The molecule has 0 unspecified atom stereocenters. The zero-order valence-corrected chi connectivity index (χ0v) is 18.9. The van der Waals surface area contributed by atoms with Crippen LogP contribution in [0.3, 0.4) is 0 Å². The molecule has 0 heterocycles. The first-order valence-corrected chi connectivity index (χ1v) is 11.2. The number of rotatable bonds is 9. The van der Waals surface area contributed by atoms with Gasteiger partial charge in [0.25, 0.3) is 0 Å². The van der Waals surface area contributed by atoms with Crippen LogP contribution in [0.15, 0.2) is 71.9 Å². The van der Waals surface area contributed by atoms with Crippen LogP contribution in [0.1, 0.15) is 5.56 Å². The van der Waals surface area contributed by atoms with Gasteiger partial charge in [-0.05, 0) is 29.0 Å². The summed E-state index contributed by atoms with van der Waals surface area (Å²) in [6, 6.07) is 21.7. The maximum atomic E-state index is 8.96. The molecule has 0 bridgehead atoms. The van der Waals surface area contributed by atoms with Crippen molar-refractivity contribution < 1.29 is 5.21 Å². The van der Waals surface area contributed by atoms with Crippen LogP contribution in [0.2, 0.25) is 10.0 Å². The predicted octanol–water partition coefficient (Wildman–Crippen LogP) is 6.22. The number of hydrogen-bond donors (Lipinski definition) is 4. The number of nitrogens with zero attached hydrogens (tertiary/aromatic N) is 1. The van der Waals surface area contributed by atoms with Crippen LogP contribution in [0.25, 0.3) is 21.5 Å². The highest BCUT2D eigenvalue weighted by molar-refractivity contribution is 6.40. The van der Waals surface area contributed by atoms with Crippen molar-refractivity contribution in [2.75, 3.05) is 36.8 Å². The molecule has 164 valence electrons. The third-order valence-corrected chi connectivity index (χ3v) is 5.93. The molecule has 4 aromatic carbocycles. The monoisotopic (exact) mass is 466 g/mol. The molecular weight excluding hydrogens is 443 g/mol. The predicted molar refractivity (Wildman–Crippen MR) is 137 cm³/mol. The van der Waals surface area contributed by atoms with Crippen molar-refractivity contribution in [1.29, 1.82) is 0 Å². The molecule has 0 saturated heterocycles. The lowest BCUT2D eigenvalue weighted by Gasteiger charge is -2.14. The summed E-state index contributed by atoms with van der Waals surface area (Å²) >= 11 is 12.8. The van der Waals surface area contributed by atoms with E-state index in [4.69, 9.17) is 28.4 Å². The fourth-order valence-electron chi connectivity index (χ4n) is 3.86. The quantitative estimate of drug-likeness (QED) is 0.102. The summed E-state index contributed by atoms with van der Waals surface area (Å²) in [5.41, 5.74) is 2.74. The summed E-state index contributed by atoms with van der Waals surface area (Å²) in [7, 11) is 0. The van der Waals surface area contributed by atoms with Gasteiger partial charge in [0.1, 0.15) is 0 Å². The second-order valence-corrected chi connectivity index (χ2v) is 8.17. The molecule has 0 fully saturated rings. The molecule has 0 spiro atoms. The van der Waals surface area contributed by atoms with Crippen molar-refractivity contribution in [3.05, 3.63) is 82.3 Å². The number of oxime groups is 1. The lowest BCUT2D eigenvalue weighted by molar-refractivity contribution is 0.322. The van der Waals surface area contributed by atoms with Crippen LogP contribution in [-0.2, 0) is 0 Å². The highest BCUT2D eigenvalue weighted by Gasteiger charge is 2.09. The van der Waals surface area contributed by atoms with Gasteiger partial charge in [-0.3, -0.25) is 0 Å². The fraction of sp³-hybridized carbons (Fsp3) is 0.160. The van der Waals surface area contributed by atoms with Crippen molar-refractivity contribution >= 4 is 62.3 Å². The Hall–Kier alpha value is -2.99. The maximum Gasteiger partial charge on any atom is 0.0740 e. The van der Waals surface area contributed by atoms with Gasteiger partial charge in [0.2, 0.25) is 0 Å². The molecule has 0 radical (unpaired) electrons. The molecule has 32 heavy (non-hydrogen) atoms. The van der Waals surface area contributed by atoms with E-state index in [-0.39, 0.29) is 0 Å². The van der Waals surface area contributed by atoms with Crippen molar-refractivity contribution in [2.24, 2.45) is 5.16 Å². The van der Waals surface area contributed by atoms with E-state index < -0.39 is 0 Å². The molecule has 4 rings (SSSR count). The third kappa shape index (κ3) is 4.91. The standard InChI is InChI=1S/C25H24Cl2N4O/c26-20-8-2-5-18-10-11-21(27)25(24(18)20)30-15-13-28-12-14-29-22-9-3-6-17-4-1-7-19(16-31-32)23(17)22/h1-11,16,28-30,32H,12-15H2. The number of anilines is 2. The smallest absolute Gasteiger partial charge is 0.0740 e. The van der Waals surface area contributed by atoms with Gasteiger partial charge in [-0.25, -0.2) is 0 Å². The molecule has 5 nitrogen and oxygen atoms in total. The third-order valence-electron chi connectivity index (χ3n) is 5.30. The first kappa shape index (κ1) is 22.2. The Bertz CT molecular complexity index is 1250. The Kier molecular flexibility index (Phi) is 7.32. The van der Waals surface area contributed by atoms with Crippen LogP contribution in [0.4, 0.5) is 11.4 Å². The number of nitrogens with one attached hydrogen (secondary N) is 3. The van der Waals surface area contributed by atoms with Gasteiger partial charge in [0, 0.05) is 48.2 Å². The lowest BCUT2D eigenvalue weighted by Crippen LogP contribution is -2.27. The van der Waals surface area contributed by atoms with Crippen molar-refractivity contribution in [2.45, 2.75) is 0 Å². The normalized spacial score (nSPS) is 11.4. The largest absolute Gasteiger partial charge is 0.411 e. The number of halogens is 2. The zero-order valence-electron chi connectivity index (χ0n) is 17.4. The minimum Gasteiger partial charge on any atom is -0.411 e. The molecule has 4 aromatic rings. The molecule has 0 saturated carbocycles. The van der Waals surface area contributed by atoms with Gasteiger partial charge >= 0.3 is 0 Å². The molecular formula is C25H24Cl2N4O. The average molecular weight is 467 g/mol. The summed E-state index contributed by atoms with van der Waals surface area (Å²) in [5, 5.41) is 27.9. The Morgan fingerprint density at radius 1 is 0.719 bits per heavy atom. The summed E-state index contributed by atoms with van der Waals surface area (Å²) < 4.78 is 0. The minimum atomic E-state index is 0.658. The van der Waals surface area contributed by atoms with Crippen molar-refractivity contribution in [3.8, 4) is 0 Å². The second-order valence-electron chi connectivity index (χ2n) is 7.36. The van der Waals surface area contributed by atoms with E-state index in [2.05, 4.69) is 21.1 Å². The van der Waals surface area contributed by atoms with E-state index in [0.717, 1.165) is 64.7 Å². The first-order valence-electron chi connectivity index (χ1n) is 10.4. The van der Waals surface area contributed by atoms with Crippen LogP contribution in [0, 0.1) is 0 Å². The Labute approximate surface area is 197 Å². The van der Waals surface area contributed by atoms with E-state index in [1.807, 2.05) is 66.7 Å². The Morgan fingerprint density at radius 3 is 2.19 bits per heavy atom. The van der Waals surface area contributed by atoms with Crippen LogP contribution in [0.5, 0.6) is 0 Å². The Morgan fingerprint density at radius 2 is 1.41 bits per heavy atom. The van der Waals surface area contributed by atoms with Gasteiger partial charge < -0.3 is 21.2 Å². The molecule has 7 heteroatoms. The van der Waals surface area contributed by atoms with Gasteiger partial charge in [-0.2, -0.15) is 0 Å². The van der Waals surface area contributed by atoms with E-state index in [1.165, 1.54) is 6.21 Å². The molecule has 0 amide bonds. The topological polar surface area (TPSA) is 68.7 Å². The van der Waals surface area contributed by atoms with Crippen molar-refractivity contribution in [1.82, 2.24) is 5.32 Å². The molecule has 4 N–H and O–H groups in total. The molecule has 0 atom stereocenters. The van der Waals surface area contributed by atoms with E-state index in [9.17, 15) is 0 Å². The van der Waals surface area contributed by atoms with E-state index in [0.29, 0.717) is 10.0 Å². The fourth-order valence-corrected chi connectivity index (χ4v) is 4.36. The lowest BCUT2D eigenvalue weighted by atomic mass is 10.0. The molecule has 0 aliphatic carbocycles. The highest BCUT2D eigenvalue weighted by Crippen LogP contribution is 2.35.